The monoisotopic (exact) mass is 440 g/mol. The summed E-state index contributed by atoms with van der Waals surface area (Å²) in [5.74, 6) is 1.76. The Kier molecular flexibility index (Phi) is 6.85. The lowest BCUT2D eigenvalue weighted by Gasteiger charge is -2.38. The first-order chi connectivity index (χ1) is 13.5. The van der Waals surface area contributed by atoms with Gasteiger partial charge in [-0.05, 0) is 65.1 Å². The van der Waals surface area contributed by atoms with Crippen molar-refractivity contribution in [1.29, 1.82) is 0 Å². The number of benzene rings is 2. The summed E-state index contributed by atoms with van der Waals surface area (Å²) in [4.78, 5) is 0. The molecule has 2 aromatic carbocycles. The molecule has 30 heavy (non-hydrogen) atoms. The van der Waals surface area contributed by atoms with Crippen LogP contribution < -0.4 is 8.85 Å². The van der Waals surface area contributed by atoms with Crippen LogP contribution in [0.15, 0.2) is 55.1 Å². The molecule has 0 unspecified atom stereocenters. The van der Waals surface area contributed by atoms with Gasteiger partial charge in [0.15, 0.2) is 0 Å². The van der Waals surface area contributed by atoms with E-state index in [4.69, 9.17) is 8.85 Å². The Balaban J connectivity index is 2.53. The minimum atomic E-state index is -1.97. The van der Waals surface area contributed by atoms with Crippen LogP contribution in [0.2, 0.25) is 36.3 Å². The summed E-state index contributed by atoms with van der Waals surface area (Å²) in [5, 5.41) is 0.250. The van der Waals surface area contributed by atoms with E-state index in [1.807, 2.05) is 18.2 Å². The van der Waals surface area contributed by atoms with Crippen LogP contribution in [0.5, 0.6) is 11.5 Å². The molecular formula is C26H40O2Si2. The van der Waals surface area contributed by atoms with Crippen molar-refractivity contribution in [1.82, 2.24) is 0 Å². The number of hydrogen-bond acceptors (Lipinski definition) is 2. The summed E-state index contributed by atoms with van der Waals surface area (Å²) in [6.07, 6.45) is 0. The Labute approximate surface area is 186 Å². The zero-order valence-electron chi connectivity index (χ0n) is 20.6. The smallest absolute Gasteiger partial charge is 0.250 e. The fourth-order valence-electron chi connectivity index (χ4n) is 2.57. The van der Waals surface area contributed by atoms with Gasteiger partial charge in [-0.1, -0.05) is 78.5 Å². The number of hydrogen-bond donors (Lipinski definition) is 0. The first-order valence-electron chi connectivity index (χ1n) is 10.8. The fraction of sp³-hybridized carbons (Fsp3) is 0.462. The Morgan fingerprint density at radius 3 is 1.43 bits per heavy atom. The normalized spacial score (nSPS) is 13.1. The Morgan fingerprint density at radius 1 is 0.667 bits per heavy atom. The molecule has 0 N–H and O–H groups in total. The molecule has 0 heterocycles. The van der Waals surface area contributed by atoms with Crippen LogP contribution in [0, 0.1) is 0 Å². The summed E-state index contributed by atoms with van der Waals surface area (Å²) in [5.41, 5.74) is 3.14. The summed E-state index contributed by atoms with van der Waals surface area (Å²) in [6.45, 7) is 27.1. The van der Waals surface area contributed by atoms with Gasteiger partial charge in [0.1, 0.15) is 11.5 Å². The van der Waals surface area contributed by atoms with Crippen LogP contribution in [0.3, 0.4) is 0 Å². The van der Waals surface area contributed by atoms with Gasteiger partial charge in [0, 0.05) is 6.07 Å². The highest BCUT2D eigenvalue weighted by molar-refractivity contribution is 6.75. The average molecular weight is 441 g/mol. The van der Waals surface area contributed by atoms with Gasteiger partial charge in [0.05, 0.1) is 0 Å². The van der Waals surface area contributed by atoms with Crippen molar-refractivity contribution in [2.45, 2.75) is 77.8 Å². The maximum absolute atomic E-state index is 6.67. The fourth-order valence-corrected chi connectivity index (χ4v) is 4.59. The maximum atomic E-state index is 6.67. The minimum absolute atomic E-state index is 0.125. The third-order valence-electron chi connectivity index (χ3n) is 6.71. The van der Waals surface area contributed by atoms with E-state index in [0.717, 1.165) is 28.2 Å². The van der Waals surface area contributed by atoms with E-state index in [1.54, 1.807) is 0 Å². The zero-order chi connectivity index (χ0) is 23.0. The molecule has 0 spiro atoms. The summed E-state index contributed by atoms with van der Waals surface area (Å²) < 4.78 is 13.3. The molecular weight excluding hydrogens is 400 g/mol. The van der Waals surface area contributed by atoms with E-state index < -0.39 is 16.6 Å². The predicted molar refractivity (Wildman–Crippen MR) is 137 cm³/mol. The third-order valence-corrected chi connectivity index (χ3v) is 15.4. The minimum Gasteiger partial charge on any atom is -0.543 e. The second-order valence-electron chi connectivity index (χ2n) is 11.3. The lowest BCUT2D eigenvalue weighted by atomic mass is 9.99. The van der Waals surface area contributed by atoms with Gasteiger partial charge < -0.3 is 8.85 Å². The Bertz CT molecular complexity index is 839. The lowest BCUT2D eigenvalue weighted by molar-refractivity contribution is 0.474. The molecule has 0 aliphatic carbocycles. The number of rotatable bonds is 6. The summed E-state index contributed by atoms with van der Waals surface area (Å²) in [6, 6.07) is 16.6. The highest BCUT2D eigenvalue weighted by atomic mass is 28.4. The van der Waals surface area contributed by atoms with Crippen LogP contribution in [0.1, 0.15) is 52.7 Å². The molecule has 0 fully saturated rings. The molecule has 0 aliphatic rings. The highest BCUT2D eigenvalue weighted by Gasteiger charge is 2.40. The first kappa shape index (κ1) is 24.5. The van der Waals surface area contributed by atoms with Crippen LogP contribution in [0.4, 0.5) is 0 Å². The first-order valence-corrected chi connectivity index (χ1v) is 16.6. The van der Waals surface area contributed by atoms with E-state index in [-0.39, 0.29) is 10.1 Å². The van der Waals surface area contributed by atoms with E-state index in [9.17, 15) is 0 Å². The van der Waals surface area contributed by atoms with E-state index in [2.05, 4.69) is 105 Å². The SMILES string of the molecule is C=C(c1ccccc1)c1cc(O[Si](C)(C)C(C)(C)C)cc(O[Si](C)(C)C(C)(C)C)c1. The van der Waals surface area contributed by atoms with Gasteiger partial charge >= 0.3 is 0 Å². The molecule has 0 saturated heterocycles. The van der Waals surface area contributed by atoms with E-state index in [0.29, 0.717) is 0 Å². The predicted octanol–water partition coefficient (Wildman–Crippen LogP) is 8.52. The third kappa shape index (κ3) is 5.67. The molecule has 0 saturated carbocycles. The van der Waals surface area contributed by atoms with Crippen LogP contribution >= 0.6 is 0 Å². The molecule has 0 aliphatic heterocycles. The zero-order valence-corrected chi connectivity index (χ0v) is 22.6. The summed E-state index contributed by atoms with van der Waals surface area (Å²) in [7, 11) is -3.95. The quantitative estimate of drug-likeness (QED) is 0.419. The van der Waals surface area contributed by atoms with Crippen molar-refractivity contribution in [2.75, 3.05) is 0 Å². The summed E-state index contributed by atoms with van der Waals surface area (Å²) >= 11 is 0. The van der Waals surface area contributed by atoms with E-state index in [1.165, 1.54) is 0 Å². The maximum Gasteiger partial charge on any atom is 0.250 e. The standard InChI is InChI=1S/C26H40O2Si2/c1-20(21-15-13-12-14-16-21)22-17-23(27-29(8,9)25(2,3)4)19-24(18-22)28-30(10,11)26(5,6)7/h12-19H,1H2,2-11H3. The molecule has 2 nitrogen and oxygen atoms in total. The van der Waals surface area contributed by atoms with Gasteiger partial charge in [0.25, 0.3) is 0 Å². The molecule has 2 aromatic rings. The second-order valence-corrected chi connectivity index (χ2v) is 20.7. The van der Waals surface area contributed by atoms with Crippen molar-refractivity contribution in [2.24, 2.45) is 0 Å². The van der Waals surface area contributed by atoms with Gasteiger partial charge in [0.2, 0.25) is 16.6 Å². The highest BCUT2D eigenvalue weighted by Crippen LogP contribution is 2.41. The van der Waals surface area contributed by atoms with Crippen molar-refractivity contribution in [3.8, 4) is 11.5 Å². The molecule has 0 radical (unpaired) electrons. The molecule has 4 heteroatoms. The van der Waals surface area contributed by atoms with Crippen molar-refractivity contribution < 1.29 is 8.85 Å². The van der Waals surface area contributed by atoms with Crippen molar-refractivity contribution in [3.05, 3.63) is 66.2 Å². The molecule has 0 bridgehead atoms. The topological polar surface area (TPSA) is 18.5 Å². The van der Waals surface area contributed by atoms with Crippen LogP contribution in [-0.4, -0.2) is 16.6 Å². The molecule has 0 aromatic heterocycles. The van der Waals surface area contributed by atoms with Gasteiger partial charge in [-0.15, -0.1) is 0 Å². The molecule has 164 valence electrons. The van der Waals surface area contributed by atoms with Gasteiger partial charge in [-0.25, -0.2) is 0 Å². The van der Waals surface area contributed by atoms with Gasteiger partial charge in [-0.2, -0.15) is 0 Å². The van der Waals surface area contributed by atoms with Crippen molar-refractivity contribution in [3.63, 3.8) is 0 Å². The average Bonchev–Trinajstić information content (AvgIpc) is 2.59. The molecule has 2 rings (SSSR count). The van der Waals surface area contributed by atoms with Crippen LogP contribution in [-0.2, 0) is 0 Å². The largest absolute Gasteiger partial charge is 0.543 e. The van der Waals surface area contributed by atoms with Crippen LogP contribution in [0.25, 0.3) is 5.57 Å². The Hall–Kier alpha value is -1.79. The lowest BCUT2D eigenvalue weighted by Crippen LogP contribution is -2.44. The second kappa shape index (κ2) is 8.39. The van der Waals surface area contributed by atoms with Gasteiger partial charge in [-0.3, -0.25) is 0 Å². The molecule has 0 atom stereocenters. The van der Waals surface area contributed by atoms with Crippen molar-refractivity contribution >= 4 is 22.2 Å². The van der Waals surface area contributed by atoms with E-state index >= 15 is 0 Å². The molecule has 0 amide bonds. The Morgan fingerprint density at radius 2 is 1.07 bits per heavy atom.